The number of carbonyl (C=O) groups is 11. The van der Waals surface area contributed by atoms with Gasteiger partial charge in [0.05, 0.1) is 63.3 Å². The highest BCUT2D eigenvalue weighted by atomic mass is 16.2. The van der Waals surface area contributed by atoms with Gasteiger partial charge in [-0.3, -0.25) is 52.7 Å². The lowest BCUT2D eigenvalue weighted by molar-refractivity contribution is -0.122. The van der Waals surface area contributed by atoms with Crippen LogP contribution >= 0.6 is 0 Å². The lowest BCUT2D eigenvalue weighted by Gasteiger charge is -2.17. The van der Waals surface area contributed by atoms with Crippen molar-refractivity contribution in [1.82, 2.24) is 68.4 Å². The first-order chi connectivity index (χ1) is 49.5. The fraction of sp³-hybridized carbons (Fsp3) is 0.377. The van der Waals surface area contributed by atoms with Gasteiger partial charge in [0.25, 0.3) is 41.4 Å². The number of hydrogen-bond acceptors (Lipinski definition) is 17. The minimum atomic E-state index is -0.798. The average molecular weight is 1440 g/mol. The first kappa shape index (κ1) is 77.8. The summed E-state index contributed by atoms with van der Waals surface area (Å²) >= 11 is 0. The molecule has 0 fully saturated rings. The Balaban J connectivity index is 0.723. The number of anilines is 7. The highest BCUT2D eigenvalue weighted by molar-refractivity contribution is 6.08. The maximum Gasteiger partial charge on any atom is 0.272 e. The molecule has 7 aromatic rings. The smallest absolute Gasteiger partial charge is 0.272 e. The second-order valence-electron chi connectivity index (χ2n) is 25.5. The minimum absolute atomic E-state index is 0.000257. The number of rotatable bonds is 36. The lowest BCUT2D eigenvalue weighted by atomic mass is 10.2. The van der Waals surface area contributed by atoms with E-state index in [-0.39, 0.29) is 97.3 Å². The van der Waals surface area contributed by atoms with Gasteiger partial charge in [-0.2, -0.15) is 0 Å². The monoisotopic (exact) mass is 1430 g/mol. The van der Waals surface area contributed by atoms with Gasteiger partial charge in [0, 0.05) is 152 Å². The van der Waals surface area contributed by atoms with Crippen LogP contribution in [0.3, 0.4) is 0 Å². The molecule has 104 heavy (non-hydrogen) atoms. The zero-order chi connectivity index (χ0) is 75.6. The largest absolute Gasteiger partial charge is 0.368 e. The number of nitrogens with two attached hydrogens (primary N) is 3. The number of hydrogen-bond donors (Lipinski definition) is 15. The topological polar surface area (TPSA) is 451 Å². The molecule has 2 unspecified atom stereocenters. The van der Waals surface area contributed by atoms with E-state index in [0.29, 0.717) is 83.0 Å². The van der Waals surface area contributed by atoms with E-state index in [1.807, 2.05) is 7.05 Å². The third-order valence-electron chi connectivity index (χ3n) is 16.9. The molecule has 8 heterocycles. The quantitative estimate of drug-likeness (QED) is 0.0246. The number of nitrogens with zero attached hydrogens (tertiary/aromatic N) is 9. The molecule has 7 aromatic heterocycles. The maximum absolute atomic E-state index is 13.6. The molecule has 556 valence electrons. The van der Waals surface area contributed by atoms with E-state index in [1.165, 1.54) is 48.6 Å². The Morgan fingerprint density at radius 1 is 0.433 bits per heavy atom. The summed E-state index contributed by atoms with van der Waals surface area (Å²) < 4.78 is 11.0. The zero-order valence-electron chi connectivity index (χ0n) is 59.9. The van der Waals surface area contributed by atoms with Gasteiger partial charge in [-0.25, -0.2) is 0 Å². The van der Waals surface area contributed by atoms with E-state index in [1.54, 1.807) is 137 Å². The molecule has 0 saturated heterocycles. The molecular weight excluding hydrogens is 1340 g/mol. The predicted octanol–water partition coefficient (Wildman–Crippen LogP) is 1.25. The van der Waals surface area contributed by atoms with Crippen LogP contribution in [-0.4, -0.2) is 192 Å². The standard InChI is InChI=1S/C69H94N24O11/c1-41(51-25-43(34-86(51)3)78-60(95)15-21-75-64(99)54-30-48(39-89(54)6)82-68(103)57-31-45(36-92(57)9)80-62(97)50(72)13-18-71)77-42-26-55(90(7)33-42)66(101)81-46-29-53(88(5)37-46)65(100)76-22-16-61(96)79-44-27-56(91(8)35-44)67(102)84-49-32-58(93(10)40-49)69(104)83-47-28-52(87(4)38-47)63(98)74-20-14-59(94)73-19-12-24-85(2)23-11-17-70/h25-37,39-40,47,50,77H,1,11-24,38,70-72H2,2-10H3,(H,73,94)(H,74,98)(H,75,99)(H,76,100)(H,78,95)(H,79,96)(H,80,97)(H,81,101)(H,82,103)(H,83,104)(H,84,102). The summed E-state index contributed by atoms with van der Waals surface area (Å²) in [5, 5.41) is 33.9. The average Bonchev–Trinajstić information content (AvgIpc) is 1.69. The van der Waals surface area contributed by atoms with Crippen LogP contribution in [0.1, 0.15) is 107 Å². The first-order valence-corrected chi connectivity index (χ1v) is 33.6. The van der Waals surface area contributed by atoms with Crippen LogP contribution in [0.2, 0.25) is 0 Å². The van der Waals surface area contributed by atoms with Gasteiger partial charge in [0.2, 0.25) is 23.6 Å². The predicted molar refractivity (Wildman–Crippen MR) is 394 cm³/mol. The molecule has 2 atom stereocenters. The number of aryl methyl sites for hydroxylation is 7. The van der Waals surface area contributed by atoms with Crippen molar-refractivity contribution in [2.24, 2.45) is 66.5 Å². The number of amides is 11. The Morgan fingerprint density at radius 2 is 0.788 bits per heavy atom. The van der Waals surface area contributed by atoms with E-state index >= 15 is 0 Å². The van der Waals surface area contributed by atoms with E-state index in [4.69, 9.17) is 17.2 Å². The van der Waals surface area contributed by atoms with Gasteiger partial charge in [0.15, 0.2) is 0 Å². The zero-order valence-corrected chi connectivity index (χ0v) is 59.9. The molecular formula is C69H94N24O11. The van der Waals surface area contributed by atoms with E-state index in [2.05, 4.69) is 75.3 Å². The van der Waals surface area contributed by atoms with Crippen molar-refractivity contribution in [3.05, 3.63) is 144 Å². The summed E-state index contributed by atoms with van der Waals surface area (Å²) in [4.78, 5) is 148. The lowest BCUT2D eigenvalue weighted by Crippen LogP contribution is -2.38. The second-order valence-corrected chi connectivity index (χ2v) is 25.5. The van der Waals surface area contributed by atoms with E-state index in [0.717, 1.165) is 25.9 Å². The van der Waals surface area contributed by atoms with Gasteiger partial charge < -0.3 is 123 Å². The Labute approximate surface area is 600 Å². The van der Waals surface area contributed by atoms with Crippen molar-refractivity contribution < 1.29 is 52.7 Å². The molecule has 0 spiro atoms. The van der Waals surface area contributed by atoms with E-state index < -0.39 is 59.3 Å². The first-order valence-electron chi connectivity index (χ1n) is 33.6. The van der Waals surface area contributed by atoms with Gasteiger partial charge in [-0.05, 0) is 101 Å². The SMILES string of the molecule is C=C(Nc1cc(C(=O)Nc2cc(C(=O)NCCC(=O)Nc3cc(C(=O)Nc4cc(C(=O)NC5C=C(C(=O)NCCC(=O)NCCCN(C)CCCN)N(C)C5)n(C)c4)n(C)c3)n(C)c2)n(C)c1)c1cc(NC(=O)CCNC(=O)c2cc(NC(=O)c3cc(NC(=O)C(N)CCN)cn3C)cn2C)cn1C. The Hall–Kier alpha value is -12.0. The Morgan fingerprint density at radius 3 is 1.22 bits per heavy atom. The molecule has 1 aliphatic rings. The van der Waals surface area contributed by atoms with Crippen molar-refractivity contribution in [2.45, 2.75) is 50.6 Å². The summed E-state index contributed by atoms with van der Waals surface area (Å²) in [5.74, 6) is -4.69. The Bertz CT molecular complexity index is 4400. The summed E-state index contributed by atoms with van der Waals surface area (Å²) in [6, 6.07) is 9.53. The third-order valence-corrected chi connectivity index (χ3v) is 16.9. The number of nitrogens with one attached hydrogen (secondary N) is 12. The van der Waals surface area contributed by atoms with Crippen molar-refractivity contribution >= 4 is 110 Å². The van der Waals surface area contributed by atoms with E-state index in [9.17, 15) is 52.7 Å². The van der Waals surface area contributed by atoms with Crippen LogP contribution in [-0.2, 0) is 73.3 Å². The van der Waals surface area contributed by atoms with Crippen LogP contribution in [0.4, 0.5) is 39.8 Å². The summed E-state index contributed by atoms with van der Waals surface area (Å²) in [6.45, 7) is 7.74. The molecule has 1 aliphatic heterocycles. The molecule has 0 radical (unpaired) electrons. The van der Waals surface area contributed by atoms with Gasteiger partial charge in [0.1, 0.15) is 39.9 Å². The van der Waals surface area contributed by atoms with Gasteiger partial charge in [-0.15, -0.1) is 0 Å². The van der Waals surface area contributed by atoms with Crippen LogP contribution in [0.15, 0.2) is 104 Å². The molecule has 8 rings (SSSR count). The molecule has 0 bridgehead atoms. The molecule has 11 amide bonds. The van der Waals surface area contributed by atoms with Crippen LogP contribution in [0.5, 0.6) is 0 Å². The van der Waals surface area contributed by atoms with Gasteiger partial charge >= 0.3 is 0 Å². The van der Waals surface area contributed by atoms with Crippen molar-refractivity contribution in [3.8, 4) is 0 Å². The molecule has 0 aromatic carbocycles. The van der Waals surface area contributed by atoms with Crippen molar-refractivity contribution in [3.63, 3.8) is 0 Å². The Kier molecular flexibility index (Phi) is 26.6. The maximum atomic E-state index is 13.6. The molecule has 35 heteroatoms. The van der Waals surface area contributed by atoms with Crippen molar-refractivity contribution in [1.29, 1.82) is 0 Å². The number of carbonyl (C=O) groups excluding carboxylic acids is 11. The fourth-order valence-corrected chi connectivity index (χ4v) is 11.5. The third kappa shape index (κ3) is 21.1. The summed E-state index contributed by atoms with van der Waals surface area (Å²) in [5.41, 5.74) is 22.4. The highest BCUT2D eigenvalue weighted by Crippen LogP contribution is 2.26. The normalized spacial score (nSPS) is 12.8. The minimum Gasteiger partial charge on any atom is -0.368 e. The molecule has 0 saturated carbocycles. The number of aromatic nitrogens is 7. The van der Waals surface area contributed by atoms with Crippen molar-refractivity contribution in [2.75, 3.05) is 110 Å². The van der Waals surface area contributed by atoms with Crippen LogP contribution < -0.4 is 81.0 Å². The molecule has 18 N–H and O–H groups in total. The summed E-state index contributed by atoms with van der Waals surface area (Å²) in [7, 11) is 15.4. The highest BCUT2D eigenvalue weighted by Gasteiger charge is 2.29. The molecule has 0 aliphatic carbocycles. The number of likely N-dealkylation sites (N-methyl/N-ethyl adjacent to an activating group) is 1. The van der Waals surface area contributed by atoms with Gasteiger partial charge in [-0.1, -0.05) is 6.58 Å². The second kappa shape index (κ2) is 35.6. The molecule has 35 nitrogen and oxygen atoms in total. The summed E-state index contributed by atoms with van der Waals surface area (Å²) in [6.07, 6.45) is 14.8. The van der Waals surface area contributed by atoms with Crippen LogP contribution in [0, 0.1) is 0 Å². The van der Waals surface area contributed by atoms with Crippen LogP contribution in [0.25, 0.3) is 5.70 Å². The fourth-order valence-electron chi connectivity index (χ4n) is 11.5.